The van der Waals surface area contributed by atoms with Gasteiger partial charge in [0.1, 0.15) is 23.4 Å². The number of nitrogens with one attached hydrogen (secondary N) is 1. The van der Waals surface area contributed by atoms with Crippen molar-refractivity contribution in [3.63, 3.8) is 0 Å². The van der Waals surface area contributed by atoms with Gasteiger partial charge in [-0.1, -0.05) is 29.3 Å². The molecule has 0 saturated carbocycles. The van der Waals surface area contributed by atoms with Crippen LogP contribution in [0.4, 0.5) is 4.39 Å². The van der Waals surface area contributed by atoms with Crippen LogP contribution in [-0.2, 0) is 0 Å². The number of nitrogens with zero attached hydrogens (tertiary/aromatic N) is 1. The van der Waals surface area contributed by atoms with E-state index in [1.807, 2.05) is 0 Å². The lowest BCUT2D eigenvalue weighted by Crippen LogP contribution is -2.20. The summed E-state index contributed by atoms with van der Waals surface area (Å²) in [5.41, 5.74) is 1.09. The van der Waals surface area contributed by atoms with E-state index in [9.17, 15) is 4.39 Å². The Balaban J connectivity index is 2.01. The van der Waals surface area contributed by atoms with Gasteiger partial charge < -0.3 is 14.8 Å². The highest BCUT2D eigenvalue weighted by molar-refractivity contribution is 6.36. The topological polar surface area (TPSA) is 42.8 Å². The Hall–Kier alpha value is -1.98. The highest BCUT2D eigenvalue weighted by atomic mass is 35.5. The van der Waals surface area contributed by atoms with Gasteiger partial charge in [0.15, 0.2) is 0 Å². The number of hydrogen-bond donors (Lipinski definition) is 1. The van der Waals surface area contributed by atoms with Gasteiger partial charge in [-0.2, -0.15) is 0 Å². The quantitative estimate of drug-likeness (QED) is 0.859. The minimum atomic E-state index is -0.487. The van der Waals surface area contributed by atoms with Crippen molar-refractivity contribution < 1.29 is 13.9 Å². The molecule has 1 heterocycles. The van der Waals surface area contributed by atoms with E-state index in [2.05, 4.69) is 10.3 Å². The third kappa shape index (κ3) is 3.01. The van der Waals surface area contributed by atoms with Crippen LogP contribution in [0.3, 0.4) is 0 Å². The van der Waals surface area contributed by atoms with Gasteiger partial charge in [0.2, 0.25) is 0 Å². The molecule has 7 heteroatoms. The predicted molar refractivity (Wildman–Crippen MR) is 93.1 cm³/mol. The van der Waals surface area contributed by atoms with Crippen molar-refractivity contribution in [3.05, 3.63) is 57.3 Å². The summed E-state index contributed by atoms with van der Waals surface area (Å²) in [5, 5.41) is 3.96. The molecule has 0 aromatic heterocycles. The van der Waals surface area contributed by atoms with Crippen LogP contribution in [-0.4, -0.2) is 20.6 Å². The molecular weight excluding hydrogens is 354 g/mol. The zero-order valence-electron chi connectivity index (χ0n) is 13.0. The van der Waals surface area contributed by atoms with Crippen LogP contribution >= 0.6 is 23.2 Å². The van der Waals surface area contributed by atoms with E-state index in [1.165, 1.54) is 26.6 Å². The molecule has 0 amide bonds. The third-order valence-electron chi connectivity index (χ3n) is 3.93. The molecule has 1 aliphatic heterocycles. The molecule has 1 aliphatic rings. The predicted octanol–water partition coefficient (Wildman–Crippen LogP) is 4.56. The molecule has 0 spiro atoms. The number of rotatable bonds is 4. The largest absolute Gasteiger partial charge is 0.497 e. The lowest BCUT2D eigenvalue weighted by atomic mass is 9.94. The molecule has 1 N–H and O–H groups in total. The molecule has 126 valence electrons. The molecule has 0 bridgehead atoms. The Kier molecular flexibility index (Phi) is 4.83. The van der Waals surface area contributed by atoms with Crippen molar-refractivity contribution in [2.24, 2.45) is 4.99 Å². The van der Waals surface area contributed by atoms with Gasteiger partial charge in [-0.15, -0.1) is 0 Å². The molecule has 0 saturated heterocycles. The van der Waals surface area contributed by atoms with Gasteiger partial charge >= 0.3 is 0 Å². The minimum absolute atomic E-state index is 0.376. The number of methoxy groups -OCH3 is 2. The van der Waals surface area contributed by atoms with E-state index in [4.69, 9.17) is 32.7 Å². The van der Waals surface area contributed by atoms with Crippen LogP contribution in [0.5, 0.6) is 11.5 Å². The lowest BCUT2D eigenvalue weighted by molar-refractivity contribution is 0.409. The van der Waals surface area contributed by atoms with Crippen molar-refractivity contribution in [1.82, 2.24) is 5.32 Å². The van der Waals surface area contributed by atoms with Gasteiger partial charge in [0.25, 0.3) is 0 Å². The van der Waals surface area contributed by atoms with Crippen LogP contribution < -0.4 is 14.8 Å². The first-order valence-corrected chi connectivity index (χ1v) is 7.94. The standard InChI is InChI=1S/C17H15Cl2FN2O2/c1-23-9-3-4-11(14(20)7-9)16-17(22-8-21-16)15-12(18)5-10(24-2)6-13(15)19/h3-8,16-17H,1-2H3,(H,21,22)/t16-,17+/m1/s1. The molecule has 3 rings (SSSR count). The zero-order valence-corrected chi connectivity index (χ0v) is 14.5. The van der Waals surface area contributed by atoms with E-state index >= 15 is 0 Å². The Morgan fingerprint density at radius 3 is 2.29 bits per heavy atom. The normalized spacial score (nSPS) is 19.2. The van der Waals surface area contributed by atoms with Crippen molar-refractivity contribution in [2.45, 2.75) is 12.1 Å². The molecule has 2 aromatic rings. The summed E-state index contributed by atoms with van der Waals surface area (Å²) in [6.07, 6.45) is 1.54. The maximum Gasteiger partial charge on any atom is 0.132 e. The second-order valence-corrected chi connectivity index (χ2v) is 6.07. The van der Waals surface area contributed by atoms with Gasteiger partial charge in [0, 0.05) is 17.2 Å². The van der Waals surface area contributed by atoms with Gasteiger partial charge in [-0.05, 0) is 18.2 Å². The summed E-state index contributed by atoms with van der Waals surface area (Å²) >= 11 is 12.7. The fourth-order valence-corrected chi connectivity index (χ4v) is 3.43. The van der Waals surface area contributed by atoms with Crippen LogP contribution in [0.2, 0.25) is 10.0 Å². The van der Waals surface area contributed by atoms with Crippen LogP contribution in [0.25, 0.3) is 0 Å². The second-order valence-electron chi connectivity index (χ2n) is 5.26. The monoisotopic (exact) mass is 368 g/mol. The molecule has 0 unspecified atom stereocenters. The molecule has 2 aromatic carbocycles. The second kappa shape index (κ2) is 6.87. The Labute approximate surface area is 149 Å². The number of halogens is 3. The number of benzene rings is 2. The molecule has 0 radical (unpaired) electrons. The summed E-state index contributed by atoms with van der Waals surface area (Å²) in [6, 6.07) is 7.16. The van der Waals surface area contributed by atoms with Crippen molar-refractivity contribution in [2.75, 3.05) is 14.2 Å². The summed E-state index contributed by atoms with van der Waals surface area (Å²) in [4.78, 5) is 4.34. The molecular formula is C17H15Cl2FN2O2. The molecule has 0 fully saturated rings. The average Bonchev–Trinajstić information content (AvgIpc) is 3.02. The number of ether oxygens (including phenoxy) is 2. The van der Waals surface area contributed by atoms with Crippen molar-refractivity contribution >= 4 is 29.5 Å². The summed E-state index contributed by atoms with van der Waals surface area (Å²) in [5.74, 6) is 0.606. The van der Waals surface area contributed by atoms with Crippen molar-refractivity contribution in [1.29, 1.82) is 0 Å². The fraction of sp³-hybridized carbons (Fsp3) is 0.235. The summed E-state index contributed by atoms with van der Waals surface area (Å²) in [7, 11) is 3.03. The van der Waals surface area contributed by atoms with E-state index in [-0.39, 0.29) is 6.04 Å². The smallest absolute Gasteiger partial charge is 0.132 e. The zero-order chi connectivity index (χ0) is 17.3. The molecule has 24 heavy (non-hydrogen) atoms. The molecule has 4 nitrogen and oxygen atoms in total. The van der Waals surface area contributed by atoms with Gasteiger partial charge in [0.05, 0.1) is 36.6 Å². The van der Waals surface area contributed by atoms with Crippen LogP contribution in [0.1, 0.15) is 23.2 Å². The maximum atomic E-state index is 14.4. The first-order valence-electron chi connectivity index (χ1n) is 7.19. The van der Waals surface area contributed by atoms with Crippen LogP contribution in [0.15, 0.2) is 35.3 Å². The maximum absolute atomic E-state index is 14.4. The Bertz CT molecular complexity index is 775. The third-order valence-corrected chi connectivity index (χ3v) is 4.56. The van der Waals surface area contributed by atoms with E-state index in [0.29, 0.717) is 32.7 Å². The highest BCUT2D eigenvalue weighted by Gasteiger charge is 2.32. The van der Waals surface area contributed by atoms with Crippen LogP contribution in [0, 0.1) is 5.82 Å². The van der Waals surface area contributed by atoms with E-state index in [1.54, 1.807) is 24.3 Å². The fourth-order valence-electron chi connectivity index (χ4n) is 2.73. The lowest BCUT2D eigenvalue weighted by Gasteiger charge is -2.22. The molecule has 0 aliphatic carbocycles. The Morgan fingerprint density at radius 1 is 1.04 bits per heavy atom. The number of aliphatic imine (C=N–C) groups is 1. The van der Waals surface area contributed by atoms with Crippen molar-refractivity contribution in [3.8, 4) is 11.5 Å². The minimum Gasteiger partial charge on any atom is -0.497 e. The summed E-state index contributed by atoms with van der Waals surface area (Å²) < 4.78 is 24.6. The average molecular weight is 369 g/mol. The van der Waals surface area contributed by atoms with E-state index < -0.39 is 11.9 Å². The first-order chi connectivity index (χ1) is 11.5. The van der Waals surface area contributed by atoms with Gasteiger partial charge in [-0.25, -0.2) is 4.39 Å². The first kappa shape index (κ1) is 16.9. The SMILES string of the molecule is COc1ccc([C@H]2N=CN[C@H]2c2c(Cl)cc(OC)cc2Cl)c(F)c1. The Morgan fingerprint density at radius 2 is 1.71 bits per heavy atom. The van der Waals surface area contributed by atoms with E-state index in [0.717, 1.165) is 0 Å². The summed E-state index contributed by atoms with van der Waals surface area (Å²) in [6.45, 7) is 0. The highest BCUT2D eigenvalue weighted by Crippen LogP contribution is 2.43. The molecule has 2 atom stereocenters. The van der Waals surface area contributed by atoms with Gasteiger partial charge in [-0.3, -0.25) is 4.99 Å². The number of hydrogen-bond acceptors (Lipinski definition) is 4.